The van der Waals surface area contributed by atoms with Gasteiger partial charge < -0.3 is 14.3 Å². The maximum absolute atomic E-state index is 10.9. The summed E-state index contributed by atoms with van der Waals surface area (Å²) in [5, 5.41) is 11.0. The van der Waals surface area contributed by atoms with Crippen LogP contribution >= 0.6 is 0 Å². The molecule has 1 aliphatic rings. The molecule has 2 rings (SSSR count). The first-order valence-corrected chi connectivity index (χ1v) is 14.6. The average Bonchev–Trinajstić information content (AvgIpc) is 2.60. The maximum atomic E-state index is 10.9. The van der Waals surface area contributed by atoms with Crippen LogP contribution in [0.25, 0.3) is 0 Å². The normalized spacial score (nSPS) is 21.9. The Morgan fingerprint density at radius 1 is 1.19 bits per heavy atom. The Labute approximate surface area is 191 Å². The van der Waals surface area contributed by atoms with Crippen LogP contribution in [0.5, 0.6) is 11.5 Å². The number of fused-ring (bicyclic) bond motifs is 1. The van der Waals surface area contributed by atoms with Gasteiger partial charge in [-0.2, -0.15) is 0 Å². The van der Waals surface area contributed by atoms with E-state index in [1.165, 1.54) is 11.1 Å². The Bertz CT molecular complexity index is 812. The molecule has 3 nitrogen and oxygen atoms in total. The van der Waals surface area contributed by atoms with Crippen molar-refractivity contribution in [3.63, 3.8) is 0 Å². The van der Waals surface area contributed by atoms with Gasteiger partial charge in [0, 0.05) is 12.0 Å². The van der Waals surface area contributed by atoms with Gasteiger partial charge in [0.25, 0.3) is 0 Å². The van der Waals surface area contributed by atoms with Gasteiger partial charge in [0.2, 0.25) is 8.32 Å². The highest BCUT2D eigenvalue weighted by molar-refractivity contribution is 6.74. The summed E-state index contributed by atoms with van der Waals surface area (Å²) in [7, 11) is -1.92. The van der Waals surface area contributed by atoms with Gasteiger partial charge in [-0.3, -0.25) is 0 Å². The molecule has 0 spiro atoms. The number of aliphatic hydroxyl groups is 1. The molecular formula is C27H44O3Si. The second kappa shape index (κ2) is 9.95. The quantitative estimate of drug-likeness (QED) is 0.325. The van der Waals surface area contributed by atoms with Crippen molar-refractivity contribution in [1.82, 2.24) is 0 Å². The lowest BCUT2D eigenvalue weighted by Gasteiger charge is -2.39. The third-order valence-corrected chi connectivity index (χ3v) is 11.1. The number of ether oxygens (including phenoxy) is 1. The molecule has 0 aromatic heterocycles. The van der Waals surface area contributed by atoms with E-state index in [0.717, 1.165) is 42.7 Å². The van der Waals surface area contributed by atoms with Crippen LogP contribution in [0.4, 0.5) is 0 Å². The second-order valence-corrected chi connectivity index (χ2v) is 16.0. The molecule has 4 heteroatoms. The molecular weight excluding hydrogens is 400 g/mol. The number of hydrogen-bond acceptors (Lipinski definition) is 3. The van der Waals surface area contributed by atoms with Gasteiger partial charge >= 0.3 is 0 Å². The summed E-state index contributed by atoms with van der Waals surface area (Å²) in [6, 6.07) is 5.94. The molecule has 1 heterocycles. The van der Waals surface area contributed by atoms with Gasteiger partial charge in [-0.25, -0.2) is 0 Å². The summed E-state index contributed by atoms with van der Waals surface area (Å²) in [4.78, 5) is 0. The highest BCUT2D eigenvalue weighted by atomic mass is 28.4. The lowest BCUT2D eigenvalue weighted by atomic mass is 9.86. The van der Waals surface area contributed by atoms with E-state index in [0.29, 0.717) is 6.42 Å². The van der Waals surface area contributed by atoms with Crippen molar-refractivity contribution in [3.05, 3.63) is 47.1 Å². The number of aliphatic hydroxyl groups excluding tert-OH is 1. The van der Waals surface area contributed by atoms with E-state index < -0.39 is 14.4 Å². The summed E-state index contributed by atoms with van der Waals surface area (Å²) in [6.45, 7) is 19.8. The zero-order valence-electron chi connectivity index (χ0n) is 21.3. The van der Waals surface area contributed by atoms with Crippen molar-refractivity contribution in [3.8, 4) is 11.5 Å². The molecule has 0 saturated carbocycles. The van der Waals surface area contributed by atoms with Crippen molar-refractivity contribution in [2.24, 2.45) is 0 Å². The zero-order chi connectivity index (χ0) is 23.4. The van der Waals surface area contributed by atoms with E-state index in [2.05, 4.69) is 73.7 Å². The molecule has 2 unspecified atom stereocenters. The molecule has 1 aromatic rings. The van der Waals surface area contributed by atoms with E-state index in [-0.39, 0.29) is 10.6 Å². The van der Waals surface area contributed by atoms with Crippen LogP contribution in [0.3, 0.4) is 0 Å². The van der Waals surface area contributed by atoms with Gasteiger partial charge in [0.1, 0.15) is 17.1 Å². The van der Waals surface area contributed by atoms with Crippen LogP contribution in [0.2, 0.25) is 18.1 Å². The molecule has 1 aromatic carbocycles. The predicted octanol–water partition coefficient (Wildman–Crippen LogP) is 8.12. The second-order valence-electron chi connectivity index (χ2n) is 11.2. The van der Waals surface area contributed by atoms with Gasteiger partial charge in [0.15, 0.2) is 0 Å². The third kappa shape index (κ3) is 7.25. The predicted molar refractivity (Wildman–Crippen MR) is 135 cm³/mol. The Morgan fingerprint density at radius 3 is 2.48 bits per heavy atom. The third-order valence-electron chi connectivity index (χ3n) is 6.76. The first-order valence-electron chi connectivity index (χ1n) is 11.7. The van der Waals surface area contributed by atoms with Gasteiger partial charge in [-0.15, -0.1) is 0 Å². The average molecular weight is 445 g/mol. The molecule has 0 saturated heterocycles. The first kappa shape index (κ1) is 25.7. The highest BCUT2D eigenvalue weighted by Crippen LogP contribution is 2.44. The van der Waals surface area contributed by atoms with E-state index in [9.17, 15) is 5.11 Å². The number of rotatable bonds is 8. The molecule has 1 aliphatic heterocycles. The number of allylic oxidation sites excluding steroid dienone is 4. The molecule has 0 bridgehead atoms. The standard InChI is InChI=1S/C27H44O3Si/c1-20(2)12-10-13-21(3)14-11-17-27(7)19-24(28)23-18-22(15-16-25(23)29-27)30-31(8,9)26(4,5)6/h12,14-16,18,24,28H,10-11,13,17,19H2,1-9H3/b21-14+. The SMILES string of the molecule is CC(C)=CCC/C(C)=C/CCC1(C)CC(O)c2cc(O[Si](C)(C)C(C)(C)C)ccc2O1. The van der Waals surface area contributed by atoms with E-state index in [1.807, 2.05) is 18.2 Å². The lowest BCUT2D eigenvalue weighted by molar-refractivity contribution is -0.00643. The molecule has 31 heavy (non-hydrogen) atoms. The van der Waals surface area contributed by atoms with E-state index in [1.54, 1.807) is 0 Å². The minimum atomic E-state index is -1.92. The minimum Gasteiger partial charge on any atom is -0.543 e. The van der Waals surface area contributed by atoms with Crippen molar-refractivity contribution in [2.45, 2.75) is 110 Å². The Kier molecular flexibility index (Phi) is 8.26. The summed E-state index contributed by atoms with van der Waals surface area (Å²) >= 11 is 0. The summed E-state index contributed by atoms with van der Waals surface area (Å²) in [5.41, 5.74) is 3.29. The van der Waals surface area contributed by atoms with Crippen molar-refractivity contribution >= 4 is 8.32 Å². The zero-order valence-corrected chi connectivity index (χ0v) is 22.3. The van der Waals surface area contributed by atoms with E-state index >= 15 is 0 Å². The van der Waals surface area contributed by atoms with Crippen molar-refractivity contribution < 1.29 is 14.3 Å². The smallest absolute Gasteiger partial charge is 0.250 e. The fourth-order valence-electron chi connectivity index (χ4n) is 3.68. The Balaban J connectivity index is 2.04. The van der Waals surface area contributed by atoms with Crippen LogP contribution in [0.15, 0.2) is 41.5 Å². The number of hydrogen-bond donors (Lipinski definition) is 1. The van der Waals surface area contributed by atoms with Crippen LogP contribution in [-0.2, 0) is 0 Å². The first-order chi connectivity index (χ1) is 14.2. The van der Waals surface area contributed by atoms with Crippen LogP contribution in [0, 0.1) is 0 Å². The van der Waals surface area contributed by atoms with Gasteiger partial charge in [-0.1, -0.05) is 44.1 Å². The monoisotopic (exact) mass is 444 g/mol. The molecule has 174 valence electrons. The Morgan fingerprint density at radius 2 is 1.87 bits per heavy atom. The largest absolute Gasteiger partial charge is 0.543 e. The van der Waals surface area contributed by atoms with Crippen LogP contribution in [0.1, 0.15) is 92.2 Å². The van der Waals surface area contributed by atoms with Gasteiger partial charge in [0.05, 0.1) is 6.10 Å². The molecule has 0 radical (unpaired) electrons. The summed E-state index contributed by atoms with van der Waals surface area (Å²) < 4.78 is 12.8. The number of benzene rings is 1. The topological polar surface area (TPSA) is 38.7 Å². The molecule has 1 N–H and O–H groups in total. The molecule has 0 aliphatic carbocycles. The van der Waals surface area contributed by atoms with Crippen molar-refractivity contribution in [1.29, 1.82) is 0 Å². The lowest BCUT2D eigenvalue weighted by Crippen LogP contribution is -2.44. The fourth-order valence-corrected chi connectivity index (χ4v) is 4.71. The molecule has 0 amide bonds. The summed E-state index contributed by atoms with van der Waals surface area (Å²) in [6.07, 6.45) is 8.75. The molecule has 2 atom stereocenters. The van der Waals surface area contributed by atoms with Crippen LogP contribution in [-0.4, -0.2) is 19.0 Å². The summed E-state index contributed by atoms with van der Waals surface area (Å²) in [5.74, 6) is 1.62. The maximum Gasteiger partial charge on any atom is 0.250 e. The Hall–Kier alpha value is -1.52. The van der Waals surface area contributed by atoms with Gasteiger partial charge in [-0.05, 0) is 89.7 Å². The van der Waals surface area contributed by atoms with Crippen molar-refractivity contribution in [2.75, 3.05) is 0 Å². The highest BCUT2D eigenvalue weighted by Gasteiger charge is 2.40. The molecule has 0 fully saturated rings. The fraction of sp³-hybridized carbons (Fsp3) is 0.630. The van der Waals surface area contributed by atoms with E-state index in [4.69, 9.17) is 9.16 Å². The van der Waals surface area contributed by atoms with Crippen LogP contribution < -0.4 is 9.16 Å². The minimum absolute atomic E-state index is 0.133.